The molecule has 1 atom stereocenters. The zero-order valence-corrected chi connectivity index (χ0v) is 19.5. The van der Waals surface area contributed by atoms with Crippen molar-refractivity contribution < 1.29 is 18.0 Å². The van der Waals surface area contributed by atoms with Gasteiger partial charge >= 0.3 is 12.2 Å². The van der Waals surface area contributed by atoms with Gasteiger partial charge in [0.25, 0.3) is 0 Å². The fourth-order valence-electron chi connectivity index (χ4n) is 3.48. The van der Waals surface area contributed by atoms with E-state index in [4.69, 9.17) is 11.6 Å². The number of benzene rings is 2. The van der Waals surface area contributed by atoms with E-state index in [0.29, 0.717) is 18.1 Å². The first kappa shape index (κ1) is 24.7. The maximum Gasteiger partial charge on any atom is 0.416 e. The molecule has 4 nitrogen and oxygen atoms in total. The van der Waals surface area contributed by atoms with Crippen molar-refractivity contribution in [1.82, 2.24) is 9.47 Å². The van der Waals surface area contributed by atoms with E-state index in [0.717, 1.165) is 23.4 Å². The molecule has 8 heteroatoms. The third-order valence-electron chi connectivity index (χ3n) is 5.66. The van der Waals surface area contributed by atoms with Crippen LogP contribution < -0.4 is 5.32 Å². The minimum absolute atomic E-state index is 0.102. The predicted molar refractivity (Wildman–Crippen MR) is 125 cm³/mol. The number of nitrogens with one attached hydrogen (secondary N) is 1. The molecule has 0 radical (unpaired) electrons. The molecule has 33 heavy (non-hydrogen) atoms. The summed E-state index contributed by atoms with van der Waals surface area (Å²) in [5.41, 5.74) is 1.22. The minimum atomic E-state index is -4.48. The fraction of sp³-hybridized carbons (Fsp3) is 0.320. The SMILES string of the molecule is CC(C)C(C)N(Cc1cccn1Cc1cccc(Cl)c1)C(=O)Nc1cccc(C(F)(F)F)c1. The second-order valence-corrected chi connectivity index (χ2v) is 8.82. The highest BCUT2D eigenvalue weighted by atomic mass is 35.5. The Kier molecular flexibility index (Phi) is 7.74. The number of amides is 2. The summed E-state index contributed by atoms with van der Waals surface area (Å²) in [6.07, 6.45) is -2.55. The molecule has 0 aliphatic rings. The van der Waals surface area contributed by atoms with Crippen LogP contribution in [0, 0.1) is 5.92 Å². The highest BCUT2D eigenvalue weighted by Crippen LogP contribution is 2.31. The van der Waals surface area contributed by atoms with Crippen LogP contribution in [-0.4, -0.2) is 21.5 Å². The third kappa shape index (κ3) is 6.54. The zero-order chi connectivity index (χ0) is 24.2. The number of hydrogen-bond donors (Lipinski definition) is 1. The Balaban J connectivity index is 1.82. The van der Waals surface area contributed by atoms with Crippen molar-refractivity contribution in [2.45, 2.75) is 46.1 Å². The molecular formula is C25H27ClF3N3O. The second kappa shape index (κ2) is 10.3. The predicted octanol–water partition coefficient (Wildman–Crippen LogP) is 7.29. The van der Waals surface area contributed by atoms with Crippen LogP contribution in [0.4, 0.5) is 23.7 Å². The number of aromatic nitrogens is 1. The third-order valence-corrected chi connectivity index (χ3v) is 5.89. The van der Waals surface area contributed by atoms with Crippen molar-refractivity contribution in [2.75, 3.05) is 5.32 Å². The molecule has 0 aliphatic heterocycles. The zero-order valence-electron chi connectivity index (χ0n) is 18.7. The van der Waals surface area contributed by atoms with Crippen LogP contribution in [0.1, 0.15) is 37.6 Å². The van der Waals surface area contributed by atoms with E-state index < -0.39 is 17.8 Å². The van der Waals surface area contributed by atoms with Gasteiger partial charge in [0.1, 0.15) is 0 Å². The molecule has 2 amide bonds. The van der Waals surface area contributed by atoms with Crippen LogP contribution in [0.15, 0.2) is 66.9 Å². The molecule has 1 unspecified atom stereocenters. The monoisotopic (exact) mass is 477 g/mol. The molecule has 2 aromatic carbocycles. The van der Waals surface area contributed by atoms with Crippen LogP contribution in [0.2, 0.25) is 5.02 Å². The molecule has 176 valence electrons. The number of anilines is 1. The van der Waals surface area contributed by atoms with Gasteiger partial charge in [-0.2, -0.15) is 13.2 Å². The first-order valence-electron chi connectivity index (χ1n) is 10.7. The Labute approximate surface area is 197 Å². The molecule has 1 aromatic heterocycles. The summed E-state index contributed by atoms with van der Waals surface area (Å²) in [6, 6.07) is 15.5. The van der Waals surface area contributed by atoms with Gasteiger partial charge in [-0.3, -0.25) is 0 Å². The van der Waals surface area contributed by atoms with E-state index in [9.17, 15) is 18.0 Å². The maximum atomic E-state index is 13.2. The number of carbonyl (C=O) groups is 1. The van der Waals surface area contributed by atoms with Gasteiger partial charge in [-0.15, -0.1) is 0 Å². The summed E-state index contributed by atoms with van der Waals surface area (Å²) in [5.74, 6) is 0.147. The van der Waals surface area contributed by atoms with E-state index in [1.54, 1.807) is 4.90 Å². The van der Waals surface area contributed by atoms with E-state index >= 15 is 0 Å². The molecule has 3 aromatic rings. The van der Waals surface area contributed by atoms with Crippen molar-refractivity contribution >= 4 is 23.3 Å². The molecule has 0 spiro atoms. The first-order chi connectivity index (χ1) is 15.5. The highest BCUT2D eigenvalue weighted by molar-refractivity contribution is 6.30. The van der Waals surface area contributed by atoms with E-state index in [1.165, 1.54) is 12.1 Å². The van der Waals surface area contributed by atoms with Crippen LogP contribution in [-0.2, 0) is 19.3 Å². The van der Waals surface area contributed by atoms with Gasteiger partial charge in [0.05, 0.1) is 12.1 Å². The smallest absolute Gasteiger partial charge is 0.345 e. The van der Waals surface area contributed by atoms with Crippen molar-refractivity contribution in [3.8, 4) is 0 Å². The molecule has 0 bridgehead atoms. The van der Waals surface area contributed by atoms with E-state index in [-0.39, 0.29) is 17.6 Å². The van der Waals surface area contributed by atoms with Crippen LogP contribution >= 0.6 is 11.6 Å². The van der Waals surface area contributed by atoms with Gasteiger partial charge in [-0.25, -0.2) is 4.79 Å². The molecule has 0 fully saturated rings. The standard InChI is InChI=1S/C25H27ClF3N3O/c1-17(2)18(3)32(24(33)30-22-10-5-8-20(14-22)25(27,28)29)16-23-11-6-12-31(23)15-19-7-4-9-21(26)13-19/h4-14,17-18H,15-16H2,1-3H3,(H,30,33). The Morgan fingerprint density at radius 3 is 2.45 bits per heavy atom. The Bertz CT molecular complexity index is 1090. The van der Waals surface area contributed by atoms with Crippen molar-refractivity contribution in [2.24, 2.45) is 5.92 Å². The topological polar surface area (TPSA) is 37.3 Å². The molecular weight excluding hydrogens is 451 g/mol. The average Bonchev–Trinajstić information content (AvgIpc) is 3.17. The fourth-order valence-corrected chi connectivity index (χ4v) is 3.70. The Morgan fingerprint density at radius 2 is 1.79 bits per heavy atom. The number of hydrogen-bond acceptors (Lipinski definition) is 1. The molecule has 1 heterocycles. The van der Waals surface area contributed by atoms with Gasteiger partial charge in [0.2, 0.25) is 0 Å². The van der Waals surface area contributed by atoms with Gasteiger partial charge in [0, 0.05) is 35.2 Å². The van der Waals surface area contributed by atoms with Crippen LogP contribution in [0.3, 0.4) is 0 Å². The van der Waals surface area contributed by atoms with Gasteiger partial charge in [-0.1, -0.05) is 43.6 Å². The van der Waals surface area contributed by atoms with E-state index in [2.05, 4.69) is 5.32 Å². The first-order valence-corrected chi connectivity index (χ1v) is 11.1. The summed E-state index contributed by atoms with van der Waals surface area (Å²) in [5, 5.41) is 3.29. The molecule has 0 saturated carbocycles. The van der Waals surface area contributed by atoms with Crippen molar-refractivity contribution in [1.29, 1.82) is 0 Å². The van der Waals surface area contributed by atoms with E-state index in [1.807, 2.05) is 67.9 Å². The lowest BCUT2D eigenvalue weighted by Gasteiger charge is -2.32. The lowest BCUT2D eigenvalue weighted by atomic mass is 10.0. The molecule has 3 rings (SSSR count). The second-order valence-electron chi connectivity index (χ2n) is 8.38. The normalized spacial score (nSPS) is 12.6. The quantitative estimate of drug-likeness (QED) is 0.381. The molecule has 0 saturated heterocycles. The van der Waals surface area contributed by atoms with Gasteiger partial charge < -0.3 is 14.8 Å². The average molecular weight is 478 g/mol. The van der Waals surface area contributed by atoms with Crippen LogP contribution in [0.5, 0.6) is 0 Å². The Morgan fingerprint density at radius 1 is 1.06 bits per heavy atom. The minimum Gasteiger partial charge on any atom is -0.345 e. The summed E-state index contributed by atoms with van der Waals surface area (Å²) < 4.78 is 41.2. The van der Waals surface area contributed by atoms with Crippen molar-refractivity contribution in [3.63, 3.8) is 0 Å². The number of carbonyl (C=O) groups excluding carboxylic acids is 1. The highest BCUT2D eigenvalue weighted by Gasteiger charge is 2.31. The Hall–Kier alpha value is -2.93. The van der Waals surface area contributed by atoms with Gasteiger partial charge in [-0.05, 0) is 60.9 Å². The number of alkyl halides is 3. The summed E-state index contributed by atoms with van der Waals surface area (Å²) in [7, 11) is 0. The number of rotatable bonds is 7. The summed E-state index contributed by atoms with van der Waals surface area (Å²) >= 11 is 6.10. The largest absolute Gasteiger partial charge is 0.416 e. The summed E-state index contributed by atoms with van der Waals surface area (Å²) in [6.45, 7) is 6.82. The lowest BCUT2D eigenvalue weighted by molar-refractivity contribution is -0.137. The number of urea groups is 1. The molecule has 0 aliphatic carbocycles. The lowest BCUT2D eigenvalue weighted by Crippen LogP contribution is -2.43. The van der Waals surface area contributed by atoms with Gasteiger partial charge in [0.15, 0.2) is 0 Å². The number of nitrogens with zero attached hydrogens (tertiary/aromatic N) is 2. The van der Waals surface area contributed by atoms with Crippen molar-refractivity contribution in [3.05, 3.63) is 88.7 Å². The molecule has 1 N–H and O–H groups in total. The van der Waals surface area contributed by atoms with Crippen LogP contribution in [0.25, 0.3) is 0 Å². The number of halogens is 4. The summed E-state index contributed by atoms with van der Waals surface area (Å²) in [4.78, 5) is 14.8. The maximum absolute atomic E-state index is 13.2.